The van der Waals surface area contributed by atoms with Gasteiger partial charge in [0.25, 0.3) is 0 Å². The van der Waals surface area contributed by atoms with E-state index in [4.69, 9.17) is 24.7 Å². The van der Waals surface area contributed by atoms with Crippen molar-refractivity contribution in [1.82, 2.24) is 19.4 Å². The van der Waals surface area contributed by atoms with Crippen molar-refractivity contribution in [2.75, 3.05) is 19.0 Å². The third-order valence-corrected chi connectivity index (χ3v) is 8.10. The molecule has 0 radical (unpaired) electrons. The lowest BCUT2D eigenvalue weighted by molar-refractivity contribution is 0.0429. The average molecular weight is 651 g/mol. The first kappa shape index (κ1) is 34.2. The van der Waals surface area contributed by atoms with Crippen LogP contribution in [0.5, 0.6) is 0 Å². The molecule has 2 heterocycles. The van der Waals surface area contributed by atoms with Crippen LogP contribution in [-0.4, -0.2) is 65.3 Å². The molecule has 2 aromatic carbocycles. The zero-order chi connectivity index (χ0) is 34.0. The number of carbonyl (C=O) groups is 2. The quantitative estimate of drug-likeness (QED) is 0.254. The molecule has 0 bridgehead atoms. The summed E-state index contributed by atoms with van der Waals surface area (Å²) in [6, 6.07) is 15.1. The summed E-state index contributed by atoms with van der Waals surface area (Å²) in [5.74, 6) is -0.133. The summed E-state index contributed by atoms with van der Waals surface area (Å²) in [6.07, 6.45) is -0.737. The van der Waals surface area contributed by atoms with Crippen molar-refractivity contribution in [3.05, 3.63) is 66.4 Å². The Bertz CT molecular complexity index is 1790. The highest BCUT2D eigenvalue weighted by Gasteiger charge is 2.37. The van der Waals surface area contributed by atoms with Crippen molar-refractivity contribution in [3.8, 4) is 34.0 Å². The number of anilines is 1. The van der Waals surface area contributed by atoms with Gasteiger partial charge in [0.05, 0.1) is 16.8 Å². The zero-order valence-electron chi connectivity index (χ0n) is 27.1. The number of benzene rings is 2. The van der Waals surface area contributed by atoms with Gasteiger partial charge in [-0.3, -0.25) is 0 Å². The van der Waals surface area contributed by atoms with Crippen LogP contribution in [0.3, 0.4) is 0 Å². The van der Waals surface area contributed by atoms with Crippen molar-refractivity contribution in [1.29, 1.82) is 0 Å². The van der Waals surface area contributed by atoms with Crippen molar-refractivity contribution < 1.29 is 32.0 Å². The first-order chi connectivity index (χ1) is 21.4. The van der Waals surface area contributed by atoms with Crippen molar-refractivity contribution in [2.45, 2.75) is 64.2 Å². The van der Waals surface area contributed by atoms with Gasteiger partial charge in [-0.2, -0.15) is 4.90 Å². The number of imide groups is 1. The van der Waals surface area contributed by atoms with Gasteiger partial charge in [-0.25, -0.2) is 32.3 Å². The zero-order valence-corrected chi connectivity index (χ0v) is 27.9. The Kier molecular flexibility index (Phi) is 9.66. The lowest BCUT2D eigenvalue weighted by Gasteiger charge is -2.28. The van der Waals surface area contributed by atoms with Crippen LogP contribution in [0.25, 0.3) is 34.0 Å². The molecule has 0 atom stereocenters. The monoisotopic (exact) mass is 650 g/mol. The number of hydrogen-bond donors (Lipinski definition) is 1. The number of ether oxygens (including phenoxy) is 2. The second-order valence-electron chi connectivity index (χ2n) is 12.5. The lowest BCUT2D eigenvalue weighted by atomic mass is 10.1. The normalized spacial score (nSPS) is 12.2. The van der Waals surface area contributed by atoms with E-state index in [0.29, 0.717) is 28.4 Å². The molecule has 0 fully saturated rings. The highest BCUT2D eigenvalue weighted by Crippen LogP contribution is 2.34. The number of rotatable bonds is 7. The highest BCUT2D eigenvalue weighted by molar-refractivity contribution is 7.89. The van der Waals surface area contributed by atoms with Gasteiger partial charge >= 0.3 is 12.2 Å². The van der Waals surface area contributed by atoms with E-state index in [9.17, 15) is 18.0 Å². The van der Waals surface area contributed by atoms with E-state index in [1.54, 1.807) is 59.7 Å². The Labute approximate surface area is 268 Å². The van der Waals surface area contributed by atoms with E-state index in [-0.39, 0.29) is 22.2 Å². The summed E-state index contributed by atoms with van der Waals surface area (Å²) >= 11 is 0. The van der Waals surface area contributed by atoms with Gasteiger partial charge in [-0.15, -0.1) is 0 Å². The van der Waals surface area contributed by atoms with Crippen LogP contribution < -0.4 is 10.6 Å². The minimum atomic E-state index is -3.66. The molecular formula is C32H38N6O7S. The molecule has 46 heavy (non-hydrogen) atoms. The molecule has 4 rings (SSSR count). The van der Waals surface area contributed by atoms with E-state index < -0.39 is 33.4 Å². The molecule has 0 saturated carbocycles. The minimum Gasteiger partial charge on any atom is -0.443 e. The standard InChI is InChI=1S/C32H38N6O7S/c1-31(2,3)43-29(39)38(30(40)44-32(4,5)6)28-27(26-17-24(36-45-26)21-11-9-20(18-33)10-12-21)35-25(19-34-28)22-13-15-23(16-14-22)46(41,42)37(7)8/h9-17,19H,18,33H2,1-8H3. The number of amides is 2. The summed E-state index contributed by atoms with van der Waals surface area (Å²) in [6.45, 7) is 10.3. The predicted molar refractivity (Wildman–Crippen MR) is 172 cm³/mol. The van der Waals surface area contributed by atoms with Gasteiger partial charge in [0.15, 0.2) is 17.3 Å². The highest BCUT2D eigenvalue weighted by atomic mass is 32.2. The van der Waals surface area contributed by atoms with Crippen molar-refractivity contribution in [3.63, 3.8) is 0 Å². The predicted octanol–water partition coefficient (Wildman–Crippen LogP) is 5.85. The van der Waals surface area contributed by atoms with Gasteiger partial charge in [-0.05, 0) is 59.2 Å². The maximum absolute atomic E-state index is 13.5. The summed E-state index contributed by atoms with van der Waals surface area (Å²) in [7, 11) is -0.778. The fourth-order valence-corrected chi connectivity index (χ4v) is 4.96. The second-order valence-corrected chi connectivity index (χ2v) is 14.7. The van der Waals surface area contributed by atoms with E-state index in [0.717, 1.165) is 15.4 Å². The SMILES string of the molecule is CN(C)S(=O)(=O)c1ccc(-c2cnc(N(C(=O)OC(C)(C)C)C(=O)OC(C)(C)C)c(-c3cc(-c4ccc(CN)cc4)no3)n2)cc1. The van der Waals surface area contributed by atoms with Crippen LogP contribution >= 0.6 is 0 Å². The number of nitrogens with two attached hydrogens (primary N) is 1. The van der Waals surface area contributed by atoms with Crippen molar-refractivity contribution >= 4 is 28.0 Å². The van der Waals surface area contributed by atoms with Gasteiger partial charge in [0.2, 0.25) is 10.0 Å². The molecule has 0 spiro atoms. The first-order valence-corrected chi connectivity index (χ1v) is 15.8. The van der Waals surface area contributed by atoms with E-state index in [2.05, 4.69) is 10.1 Å². The summed E-state index contributed by atoms with van der Waals surface area (Å²) in [5.41, 5.74) is 6.71. The number of sulfonamides is 1. The Morgan fingerprint density at radius 3 is 1.87 bits per heavy atom. The Morgan fingerprint density at radius 2 is 1.37 bits per heavy atom. The second kappa shape index (κ2) is 13.0. The number of hydrogen-bond acceptors (Lipinski definition) is 11. The number of carbonyl (C=O) groups excluding carboxylic acids is 2. The Balaban J connectivity index is 1.89. The van der Waals surface area contributed by atoms with Crippen LogP contribution in [0.1, 0.15) is 47.1 Å². The Morgan fingerprint density at radius 1 is 0.848 bits per heavy atom. The molecular weight excluding hydrogens is 612 g/mol. The molecule has 13 nitrogen and oxygen atoms in total. The summed E-state index contributed by atoms with van der Waals surface area (Å²) in [5, 5.41) is 4.19. The van der Waals surface area contributed by atoms with Crippen molar-refractivity contribution in [2.24, 2.45) is 5.73 Å². The maximum Gasteiger partial charge on any atom is 0.425 e. The fourth-order valence-electron chi connectivity index (χ4n) is 4.06. The molecule has 0 aliphatic heterocycles. The molecule has 2 aromatic heterocycles. The molecule has 0 saturated heterocycles. The third-order valence-electron chi connectivity index (χ3n) is 6.27. The number of nitrogens with zero attached hydrogens (tertiary/aromatic N) is 5. The van der Waals surface area contributed by atoms with Gasteiger partial charge in [-0.1, -0.05) is 41.6 Å². The fraction of sp³-hybridized carbons (Fsp3) is 0.344. The van der Waals surface area contributed by atoms with Crippen LogP contribution in [0.4, 0.5) is 15.4 Å². The summed E-state index contributed by atoms with van der Waals surface area (Å²) < 4.78 is 43.1. The molecule has 2 N–H and O–H groups in total. The smallest absolute Gasteiger partial charge is 0.425 e. The first-order valence-electron chi connectivity index (χ1n) is 14.3. The lowest BCUT2D eigenvalue weighted by Crippen LogP contribution is -2.44. The Hall–Kier alpha value is -4.66. The van der Waals surface area contributed by atoms with Crippen LogP contribution in [0.15, 0.2) is 70.2 Å². The molecule has 0 aliphatic carbocycles. The molecule has 2 amide bonds. The summed E-state index contributed by atoms with van der Waals surface area (Å²) in [4.78, 5) is 37.0. The van der Waals surface area contributed by atoms with Crippen LogP contribution in [0.2, 0.25) is 0 Å². The molecule has 14 heteroatoms. The van der Waals surface area contributed by atoms with Crippen LogP contribution in [0, 0.1) is 0 Å². The molecule has 4 aromatic rings. The van der Waals surface area contributed by atoms with E-state index in [1.165, 1.54) is 32.4 Å². The third kappa shape index (κ3) is 7.94. The van der Waals surface area contributed by atoms with E-state index in [1.807, 2.05) is 24.3 Å². The number of aromatic nitrogens is 3. The average Bonchev–Trinajstić information content (AvgIpc) is 3.46. The maximum atomic E-state index is 13.5. The molecule has 0 aliphatic rings. The van der Waals surface area contributed by atoms with Gasteiger partial charge in [0, 0.05) is 37.8 Å². The largest absolute Gasteiger partial charge is 0.443 e. The van der Waals surface area contributed by atoms with Gasteiger partial charge in [0.1, 0.15) is 16.9 Å². The molecule has 0 unspecified atom stereocenters. The van der Waals surface area contributed by atoms with E-state index >= 15 is 0 Å². The topological polar surface area (TPSA) is 171 Å². The van der Waals surface area contributed by atoms with Gasteiger partial charge < -0.3 is 19.7 Å². The molecule has 244 valence electrons. The van der Waals surface area contributed by atoms with Crippen LogP contribution in [-0.2, 0) is 26.0 Å². The minimum absolute atomic E-state index is 0.0171.